The van der Waals surface area contributed by atoms with Gasteiger partial charge in [0.15, 0.2) is 5.40 Å². The van der Waals surface area contributed by atoms with Gasteiger partial charge in [-0.1, -0.05) is 32.6 Å². The summed E-state index contributed by atoms with van der Waals surface area (Å²) in [7, 11) is -12.3. The molecule has 1 atom stereocenters. The lowest BCUT2D eigenvalue weighted by atomic mass is 10.2. The molecular formula is C10H26O7P2S. The van der Waals surface area contributed by atoms with Crippen molar-refractivity contribution in [2.45, 2.75) is 44.4 Å². The molecule has 0 aliphatic rings. The van der Waals surface area contributed by atoms with Crippen molar-refractivity contribution in [1.29, 1.82) is 0 Å². The molecule has 20 heavy (non-hydrogen) atoms. The van der Waals surface area contributed by atoms with E-state index in [0.717, 1.165) is 25.7 Å². The Morgan fingerprint density at radius 1 is 0.950 bits per heavy atom. The summed E-state index contributed by atoms with van der Waals surface area (Å²) in [5.41, 5.74) is 0. The van der Waals surface area contributed by atoms with Crippen LogP contribution < -0.4 is 0 Å². The van der Waals surface area contributed by atoms with Crippen molar-refractivity contribution >= 4 is 25.5 Å². The first-order valence-electron chi connectivity index (χ1n) is 6.47. The quantitative estimate of drug-likeness (QED) is 0.301. The molecular weight excluding hydrogens is 326 g/mol. The highest BCUT2D eigenvalue weighted by Crippen LogP contribution is 2.63. The molecule has 5 N–H and O–H groups in total. The molecule has 0 aliphatic carbocycles. The second-order valence-electron chi connectivity index (χ2n) is 5.17. The van der Waals surface area contributed by atoms with Crippen LogP contribution in [-0.2, 0) is 9.13 Å². The molecule has 0 aromatic carbocycles. The van der Waals surface area contributed by atoms with Gasteiger partial charge >= 0.3 is 15.2 Å². The molecule has 0 spiro atoms. The zero-order chi connectivity index (χ0) is 16.0. The topological polar surface area (TPSA) is 135 Å². The minimum absolute atomic E-state index is 0.340. The number of rotatable bonds is 10. The van der Waals surface area contributed by atoms with E-state index in [9.17, 15) is 13.7 Å². The highest BCUT2D eigenvalue weighted by molar-refractivity contribution is 8.28. The van der Waals surface area contributed by atoms with Crippen LogP contribution in [0, 0.1) is 0 Å². The highest BCUT2D eigenvalue weighted by atomic mass is 32.3. The number of hydrogen-bond acceptors (Lipinski definition) is 3. The summed E-state index contributed by atoms with van der Waals surface area (Å²) in [5, 5.41) is -2.10. The zero-order valence-electron chi connectivity index (χ0n) is 11.9. The van der Waals surface area contributed by atoms with E-state index in [2.05, 4.69) is 6.92 Å². The van der Waals surface area contributed by atoms with E-state index in [1.807, 2.05) is 0 Å². The van der Waals surface area contributed by atoms with Gasteiger partial charge in [-0.2, -0.15) is 0 Å². The molecule has 0 bridgehead atoms. The molecule has 0 fully saturated rings. The third kappa shape index (κ3) is 8.80. The van der Waals surface area contributed by atoms with Gasteiger partial charge in [-0.15, -0.1) is 10.3 Å². The molecule has 0 aromatic rings. The molecule has 7 nitrogen and oxygen atoms in total. The highest BCUT2D eigenvalue weighted by Gasteiger charge is 2.45. The molecule has 0 heterocycles. The summed E-state index contributed by atoms with van der Waals surface area (Å²) >= 11 is 0. The molecule has 10 heteroatoms. The van der Waals surface area contributed by atoms with Crippen LogP contribution in [0.4, 0.5) is 0 Å². The third-order valence-corrected chi connectivity index (χ3v) is 9.41. The van der Waals surface area contributed by atoms with Crippen molar-refractivity contribution in [2.24, 2.45) is 0 Å². The zero-order valence-corrected chi connectivity index (χ0v) is 14.5. The van der Waals surface area contributed by atoms with E-state index < -0.39 is 36.7 Å². The van der Waals surface area contributed by atoms with E-state index in [1.165, 1.54) is 6.26 Å². The van der Waals surface area contributed by atoms with Crippen LogP contribution in [0.25, 0.3) is 0 Å². The standard InChI is InChI=1S/C10H26O7P2S/c1-3-4-5-6-7-8-20(2,17)9-10(18(11,12)13)19(14,15)16/h10,17H,3-9H2,1-2H3,(H2,11,12,13)(H2,14,15,16). The maximum atomic E-state index is 11.2. The number of hydrogen-bond donors (Lipinski definition) is 5. The van der Waals surface area contributed by atoms with Gasteiger partial charge in [0.1, 0.15) is 0 Å². The van der Waals surface area contributed by atoms with Crippen LogP contribution in [0.3, 0.4) is 0 Å². The van der Waals surface area contributed by atoms with Gasteiger partial charge in [0, 0.05) is 5.75 Å². The average molecular weight is 352 g/mol. The van der Waals surface area contributed by atoms with Gasteiger partial charge in [0.2, 0.25) is 0 Å². The lowest BCUT2D eigenvalue weighted by Gasteiger charge is -2.33. The Labute approximate surface area is 121 Å². The van der Waals surface area contributed by atoms with Crippen molar-refractivity contribution in [3.8, 4) is 0 Å². The molecule has 124 valence electrons. The summed E-state index contributed by atoms with van der Waals surface area (Å²) in [6.45, 7) is 2.08. The summed E-state index contributed by atoms with van der Waals surface area (Å²) in [5.74, 6) is -0.192. The fourth-order valence-electron chi connectivity index (χ4n) is 1.81. The minimum atomic E-state index is -4.95. The largest absolute Gasteiger partial charge is 0.352 e. The lowest BCUT2D eigenvalue weighted by Crippen LogP contribution is -2.21. The molecule has 0 rings (SSSR count). The monoisotopic (exact) mass is 352 g/mol. The van der Waals surface area contributed by atoms with Gasteiger partial charge in [-0.25, -0.2) is 0 Å². The van der Waals surface area contributed by atoms with Gasteiger partial charge < -0.3 is 24.1 Å². The van der Waals surface area contributed by atoms with E-state index in [0.29, 0.717) is 12.2 Å². The van der Waals surface area contributed by atoms with Crippen molar-refractivity contribution in [3.05, 3.63) is 0 Å². The smallest absolute Gasteiger partial charge is 0.341 e. The van der Waals surface area contributed by atoms with Crippen molar-refractivity contribution < 1.29 is 33.3 Å². The molecule has 1 unspecified atom stereocenters. The normalized spacial score (nSPS) is 18.0. The first kappa shape index (κ1) is 20.6. The summed E-state index contributed by atoms with van der Waals surface area (Å²) in [6.07, 6.45) is 6.22. The van der Waals surface area contributed by atoms with Gasteiger partial charge in [-0.3, -0.25) is 9.13 Å². The van der Waals surface area contributed by atoms with E-state index >= 15 is 0 Å². The van der Waals surface area contributed by atoms with E-state index in [4.69, 9.17) is 19.6 Å². The maximum Gasteiger partial charge on any atom is 0.341 e. The summed E-state index contributed by atoms with van der Waals surface area (Å²) in [6, 6.07) is 0. The second-order valence-corrected chi connectivity index (χ2v) is 12.4. The Kier molecular flexibility index (Phi) is 8.55. The fraction of sp³-hybridized carbons (Fsp3) is 1.00. The third-order valence-electron chi connectivity index (χ3n) is 2.97. The van der Waals surface area contributed by atoms with Crippen molar-refractivity contribution in [1.82, 2.24) is 0 Å². The van der Waals surface area contributed by atoms with Crippen molar-refractivity contribution in [3.63, 3.8) is 0 Å². The van der Waals surface area contributed by atoms with Crippen LogP contribution in [-0.4, -0.2) is 47.3 Å². The van der Waals surface area contributed by atoms with Crippen LogP contribution >= 0.6 is 25.5 Å². The Balaban J connectivity index is 4.54. The van der Waals surface area contributed by atoms with Crippen LogP contribution in [0.15, 0.2) is 0 Å². The van der Waals surface area contributed by atoms with E-state index in [1.54, 1.807) is 0 Å². The molecule has 0 saturated heterocycles. The van der Waals surface area contributed by atoms with E-state index in [-0.39, 0.29) is 0 Å². The Bertz CT molecular complexity index is 354. The molecule has 0 saturated carbocycles. The van der Waals surface area contributed by atoms with Gasteiger partial charge in [-0.05, 0) is 18.4 Å². The van der Waals surface area contributed by atoms with Crippen LogP contribution in [0.1, 0.15) is 39.0 Å². The SMILES string of the molecule is CCCCCCCS(C)(O)CC(P(=O)(O)O)P(=O)(O)O. The Morgan fingerprint density at radius 2 is 1.40 bits per heavy atom. The number of unbranched alkanes of at least 4 members (excludes halogenated alkanes) is 4. The van der Waals surface area contributed by atoms with Gasteiger partial charge in [0.05, 0.1) is 0 Å². The maximum absolute atomic E-state index is 11.2. The van der Waals surface area contributed by atoms with Crippen LogP contribution in [0.2, 0.25) is 0 Å². The first-order chi connectivity index (χ1) is 8.90. The Morgan fingerprint density at radius 3 is 1.80 bits per heavy atom. The summed E-state index contributed by atoms with van der Waals surface area (Å²) in [4.78, 5) is 36.2. The molecule has 0 aliphatic heterocycles. The molecule has 0 aromatic heterocycles. The first-order valence-corrected chi connectivity index (χ1v) is 12.2. The second kappa shape index (κ2) is 8.30. The summed E-state index contributed by atoms with van der Waals surface area (Å²) < 4.78 is 32.5. The van der Waals surface area contributed by atoms with Gasteiger partial charge in [0.25, 0.3) is 0 Å². The molecule has 0 radical (unpaired) electrons. The average Bonchev–Trinajstić information content (AvgIpc) is 2.23. The van der Waals surface area contributed by atoms with Crippen molar-refractivity contribution in [2.75, 3.05) is 17.8 Å². The fourth-order valence-corrected chi connectivity index (χ4v) is 8.49. The predicted molar refractivity (Wildman–Crippen MR) is 82.5 cm³/mol. The minimum Gasteiger partial charge on any atom is -0.352 e. The molecule has 0 amide bonds. The lowest BCUT2D eigenvalue weighted by molar-refractivity contribution is 0.342. The predicted octanol–water partition coefficient (Wildman–Crippen LogP) is 2.55. The van der Waals surface area contributed by atoms with Crippen LogP contribution in [0.5, 0.6) is 0 Å². The Hall–Kier alpha value is 0.610.